The number of nitriles is 1. The molecule has 3 N–H and O–H groups in total. The highest BCUT2D eigenvalue weighted by molar-refractivity contribution is 7.91. The van der Waals surface area contributed by atoms with E-state index < -0.39 is 67.8 Å². The molecule has 5 rings (SSSR count). The third-order valence-electron chi connectivity index (χ3n) is 7.36. The van der Waals surface area contributed by atoms with Gasteiger partial charge in [0.2, 0.25) is 16.0 Å². The van der Waals surface area contributed by atoms with Gasteiger partial charge in [-0.1, -0.05) is 12.1 Å². The number of pyridine rings is 1. The number of aromatic nitrogens is 3. The van der Waals surface area contributed by atoms with Crippen LogP contribution in [0, 0.1) is 35.7 Å². The van der Waals surface area contributed by atoms with Gasteiger partial charge in [0.1, 0.15) is 17.5 Å². The van der Waals surface area contributed by atoms with Crippen LogP contribution in [-0.2, 0) is 15.8 Å². The van der Waals surface area contributed by atoms with Crippen molar-refractivity contribution < 1.29 is 26.0 Å². The molecule has 236 valence electrons. The van der Waals surface area contributed by atoms with Crippen molar-refractivity contribution in [3.63, 3.8) is 0 Å². The Kier molecular flexibility index (Phi) is 8.81. The van der Waals surface area contributed by atoms with Crippen LogP contribution in [0.15, 0.2) is 41.3 Å². The van der Waals surface area contributed by atoms with E-state index in [9.17, 15) is 22.9 Å². The van der Waals surface area contributed by atoms with Gasteiger partial charge in [-0.3, -0.25) is 14.1 Å². The molecule has 0 aliphatic carbocycles. The average molecular weight is 644 g/mol. The molecule has 3 heterocycles. The first-order chi connectivity index (χ1) is 21.3. The fourth-order valence-electron chi connectivity index (χ4n) is 5.24. The lowest BCUT2D eigenvalue weighted by Crippen LogP contribution is -2.44. The van der Waals surface area contributed by atoms with Gasteiger partial charge < -0.3 is 10.6 Å². The van der Waals surface area contributed by atoms with Gasteiger partial charge in [-0.05, 0) is 50.1 Å². The summed E-state index contributed by atoms with van der Waals surface area (Å²) in [6, 6.07) is 7.22. The van der Waals surface area contributed by atoms with Crippen LogP contribution in [0.5, 0.6) is 0 Å². The van der Waals surface area contributed by atoms with Gasteiger partial charge >= 0.3 is 0 Å². The van der Waals surface area contributed by atoms with E-state index in [1.165, 1.54) is 29.0 Å². The molecule has 2 atom stereocenters. The standard InChI is InChI=1S/C30H29F4N7O3S/c1-15(2)41-28-19(11-37-30(39-28)38-21-8-20(31)12-36-13-21)7-23(29(41)42)22-9-24(32)27(26(34)25(22)33)40-45(43,44)14-17-5-4-16(3)6-18(17)10-35/h4-7,9,11,15,20-21,36,40H,8,12-14H2,1-3H3,(H,37,38,39)/t20-,21-/m0/s1. The summed E-state index contributed by atoms with van der Waals surface area (Å²) in [6.07, 6.45) is 0.540. The summed E-state index contributed by atoms with van der Waals surface area (Å²) in [5.41, 5.74) is -2.19. The Morgan fingerprint density at radius 3 is 2.58 bits per heavy atom. The highest BCUT2D eigenvalue weighted by Gasteiger charge is 2.27. The molecule has 45 heavy (non-hydrogen) atoms. The summed E-state index contributed by atoms with van der Waals surface area (Å²) >= 11 is 0. The minimum Gasteiger partial charge on any atom is -0.350 e. The van der Waals surface area contributed by atoms with E-state index in [4.69, 9.17) is 0 Å². The number of aryl methyl sites for hydroxylation is 1. The lowest BCUT2D eigenvalue weighted by molar-refractivity contribution is 0.254. The second-order valence-electron chi connectivity index (χ2n) is 11.2. The highest BCUT2D eigenvalue weighted by Crippen LogP contribution is 2.32. The van der Waals surface area contributed by atoms with Crippen molar-refractivity contribution in [2.24, 2.45) is 0 Å². The van der Waals surface area contributed by atoms with E-state index in [0.717, 1.165) is 0 Å². The molecule has 15 heteroatoms. The van der Waals surface area contributed by atoms with E-state index in [1.807, 2.05) is 6.07 Å². The quantitative estimate of drug-likeness (QED) is 0.186. The van der Waals surface area contributed by atoms with Crippen molar-refractivity contribution in [3.05, 3.63) is 81.0 Å². The number of sulfonamides is 1. The van der Waals surface area contributed by atoms with Crippen LogP contribution < -0.4 is 20.9 Å². The average Bonchev–Trinajstić information content (AvgIpc) is 2.97. The largest absolute Gasteiger partial charge is 0.350 e. The first kappa shape index (κ1) is 31.9. The lowest BCUT2D eigenvalue weighted by Gasteiger charge is -2.26. The van der Waals surface area contributed by atoms with Gasteiger partial charge in [0, 0.05) is 48.7 Å². The predicted octanol–water partition coefficient (Wildman–Crippen LogP) is 4.69. The molecule has 0 amide bonds. The van der Waals surface area contributed by atoms with Crippen LogP contribution in [0.2, 0.25) is 0 Å². The molecule has 0 unspecified atom stereocenters. The minimum absolute atomic E-state index is 0.0619. The summed E-state index contributed by atoms with van der Waals surface area (Å²) in [7, 11) is -4.51. The molecule has 1 fully saturated rings. The molecule has 1 saturated heterocycles. The molecule has 1 aliphatic heterocycles. The summed E-state index contributed by atoms with van der Waals surface area (Å²) < 4.78 is 88.5. The Morgan fingerprint density at radius 1 is 1.13 bits per heavy atom. The van der Waals surface area contributed by atoms with Crippen molar-refractivity contribution in [1.82, 2.24) is 19.9 Å². The van der Waals surface area contributed by atoms with Gasteiger partial charge in [0.25, 0.3) is 5.56 Å². The third-order valence-corrected chi connectivity index (χ3v) is 8.56. The minimum atomic E-state index is -4.51. The predicted molar refractivity (Wildman–Crippen MR) is 161 cm³/mol. The molecular formula is C30H29F4N7O3S. The van der Waals surface area contributed by atoms with Crippen LogP contribution >= 0.6 is 0 Å². The Labute approximate surface area is 256 Å². The van der Waals surface area contributed by atoms with Gasteiger partial charge in [0.05, 0.1) is 22.9 Å². The maximum atomic E-state index is 15.5. The number of hydrogen-bond acceptors (Lipinski definition) is 8. The van der Waals surface area contributed by atoms with E-state index in [-0.39, 0.29) is 47.1 Å². The number of benzene rings is 2. The van der Waals surface area contributed by atoms with Crippen molar-refractivity contribution in [2.75, 3.05) is 23.1 Å². The van der Waals surface area contributed by atoms with Crippen LogP contribution in [0.3, 0.4) is 0 Å². The van der Waals surface area contributed by atoms with Crippen LogP contribution in [0.1, 0.15) is 43.0 Å². The molecule has 10 nitrogen and oxygen atoms in total. The first-order valence-corrected chi connectivity index (χ1v) is 15.6. The summed E-state index contributed by atoms with van der Waals surface area (Å²) in [5.74, 6) is -5.63. The van der Waals surface area contributed by atoms with Crippen molar-refractivity contribution in [1.29, 1.82) is 5.26 Å². The number of fused-ring (bicyclic) bond motifs is 1. The zero-order valence-electron chi connectivity index (χ0n) is 24.5. The lowest BCUT2D eigenvalue weighted by atomic mass is 10.0. The summed E-state index contributed by atoms with van der Waals surface area (Å²) in [6.45, 7) is 5.76. The monoisotopic (exact) mass is 643 g/mol. The Balaban J connectivity index is 1.52. The van der Waals surface area contributed by atoms with Crippen molar-refractivity contribution >= 4 is 32.7 Å². The molecule has 1 aliphatic rings. The number of anilines is 2. The number of rotatable bonds is 8. The number of hydrogen-bond donors (Lipinski definition) is 3. The number of nitrogens with one attached hydrogen (secondary N) is 3. The van der Waals surface area contributed by atoms with Gasteiger partial charge in [-0.25, -0.2) is 31.0 Å². The zero-order chi connectivity index (χ0) is 32.6. The first-order valence-electron chi connectivity index (χ1n) is 14.0. The maximum Gasteiger partial charge on any atom is 0.260 e. The molecule has 0 radical (unpaired) electrons. The highest BCUT2D eigenvalue weighted by atomic mass is 32.2. The van der Waals surface area contributed by atoms with E-state index in [2.05, 4.69) is 20.6 Å². The Morgan fingerprint density at radius 2 is 1.89 bits per heavy atom. The number of piperidine rings is 1. The van der Waals surface area contributed by atoms with Gasteiger partial charge in [-0.2, -0.15) is 10.2 Å². The maximum absolute atomic E-state index is 15.5. The molecule has 0 saturated carbocycles. The van der Waals surface area contributed by atoms with Crippen LogP contribution in [-0.4, -0.2) is 48.3 Å². The Bertz CT molecular complexity index is 2010. The van der Waals surface area contributed by atoms with E-state index in [0.29, 0.717) is 18.2 Å². The van der Waals surface area contributed by atoms with Crippen LogP contribution in [0.4, 0.5) is 29.2 Å². The smallest absolute Gasteiger partial charge is 0.260 e. The molecule has 4 aromatic rings. The fraction of sp³-hybridized carbons (Fsp3) is 0.333. The number of alkyl halides is 1. The Hall–Kier alpha value is -4.55. The zero-order valence-corrected chi connectivity index (χ0v) is 25.3. The van der Waals surface area contributed by atoms with Gasteiger partial charge in [0.15, 0.2) is 17.5 Å². The summed E-state index contributed by atoms with van der Waals surface area (Å²) in [4.78, 5) is 22.3. The molecule has 2 aromatic carbocycles. The van der Waals surface area contributed by atoms with Crippen molar-refractivity contribution in [2.45, 2.75) is 51.2 Å². The summed E-state index contributed by atoms with van der Waals surface area (Å²) in [5, 5.41) is 15.6. The van der Waals surface area contributed by atoms with Crippen LogP contribution in [0.25, 0.3) is 22.2 Å². The molecular weight excluding hydrogens is 614 g/mol. The topological polar surface area (TPSA) is 142 Å². The second-order valence-corrected chi connectivity index (χ2v) is 12.9. The fourth-order valence-corrected chi connectivity index (χ4v) is 6.48. The molecule has 2 aromatic heterocycles. The van der Waals surface area contributed by atoms with E-state index >= 15 is 13.2 Å². The second kappa shape index (κ2) is 12.4. The molecule has 0 spiro atoms. The normalized spacial score (nSPS) is 17.0. The van der Waals surface area contributed by atoms with Gasteiger partial charge in [-0.15, -0.1) is 0 Å². The van der Waals surface area contributed by atoms with Crippen molar-refractivity contribution in [3.8, 4) is 17.2 Å². The SMILES string of the molecule is Cc1ccc(CS(=O)(=O)Nc2c(F)cc(-c3cc4cnc(N[C@@H]5CNC[C@@H](F)C5)nc4n(C(C)C)c3=O)c(F)c2F)c(C#N)c1. The number of halogens is 4. The molecule has 0 bridgehead atoms. The van der Waals surface area contributed by atoms with E-state index in [1.54, 1.807) is 31.6 Å². The third kappa shape index (κ3) is 6.62. The number of nitrogens with zero attached hydrogens (tertiary/aromatic N) is 4.